The van der Waals surface area contributed by atoms with Gasteiger partial charge in [0.05, 0.1) is 18.0 Å². The summed E-state index contributed by atoms with van der Waals surface area (Å²) in [7, 11) is -4.21. The van der Waals surface area contributed by atoms with Crippen LogP contribution in [-0.2, 0) is 40.9 Å². The second-order valence-electron chi connectivity index (χ2n) is 15.0. The first kappa shape index (κ1) is 41.9. The predicted octanol–water partition coefficient (Wildman–Crippen LogP) is 10.7. The average molecular weight is 837 g/mol. The summed E-state index contributed by atoms with van der Waals surface area (Å²) in [5, 5.41) is 12.6. The van der Waals surface area contributed by atoms with Crippen molar-refractivity contribution < 1.29 is 27.9 Å². The van der Waals surface area contributed by atoms with Crippen LogP contribution in [0.3, 0.4) is 0 Å². The molecule has 0 aliphatic carbocycles. The fraction of sp³-hybridized carbons (Fsp3) is 0.160. The largest absolute Gasteiger partial charge is 0.488 e. The highest BCUT2D eigenvalue weighted by Gasteiger charge is 2.32. The number of rotatable bonds is 15. The van der Waals surface area contributed by atoms with Gasteiger partial charge in [0, 0.05) is 17.3 Å². The molecule has 0 saturated heterocycles. The summed E-state index contributed by atoms with van der Waals surface area (Å²) in [6.07, 6.45) is 0.327. The van der Waals surface area contributed by atoms with Gasteiger partial charge >= 0.3 is 5.97 Å². The molecule has 1 amide bonds. The van der Waals surface area contributed by atoms with E-state index in [9.17, 15) is 18.3 Å². The molecule has 10 heteroatoms. The third kappa shape index (κ3) is 9.77. The number of para-hydroxylation sites is 1. The van der Waals surface area contributed by atoms with E-state index in [1.54, 1.807) is 55.1 Å². The van der Waals surface area contributed by atoms with Crippen molar-refractivity contribution in [2.75, 3.05) is 11.4 Å². The number of aromatic carboxylic acids is 1. The van der Waals surface area contributed by atoms with Crippen molar-refractivity contribution in [2.24, 2.45) is 0 Å². The molecule has 304 valence electrons. The third-order valence-corrected chi connectivity index (χ3v) is 12.8. The number of hydrogen-bond acceptors (Lipinski definition) is 5. The minimum atomic E-state index is -4.21. The first-order valence-electron chi connectivity index (χ1n) is 19.6. The van der Waals surface area contributed by atoms with E-state index in [0.29, 0.717) is 33.8 Å². The summed E-state index contributed by atoms with van der Waals surface area (Å²) >= 11 is 6.22. The molecule has 0 aromatic heterocycles. The SMILES string of the molecule is Cc1cc(C)c(S(=O)(=O)N(CC(=O)N(Cc2ccc3ccccc3c2)c2ccccc2Cc2ccc(C(=O)O)c(OCc3ccccc3)c2)Cc2ccc(Cl)cc2)c(C)c1. The van der Waals surface area contributed by atoms with Crippen molar-refractivity contribution in [2.45, 2.75) is 51.8 Å². The number of sulfonamides is 1. The van der Waals surface area contributed by atoms with Crippen LogP contribution in [0.2, 0.25) is 5.02 Å². The maximum absolute atomic E-state index is 15.1. The van der Waals surface area contributed by atoms with Gasteiger partial charge in [-0.3, -0.25) is 4.79 Å². The highest BCUT2D eigenvalue weighted by atomic mass is 35.5. The lowest BCUT2D eigenvalue weighted by molar-refractivity contribution is -0.119. The van der Waals surface area contributed by atoms with Crippen LogP contribution in [0.25, 0.3) is 10.8 Å². The van der Waals surface area contributed by atoms with Crippen LogP contribution in [-0.4, -0.2) is 36.3 Å². The molecule has 7 aromatic carbocycles. The van der Waals surface area contributed by atoms with Gasteiger partial charge < -0.3 is 14.7 Å². The van der Waals surface area contributed by atoms with Crippen LogP contribution in [0.5, 0.6) is 5.75 Å². The summed E-state index contributed by atoms with van der Waals surface area (Å²) in [5.74, 6) is -1.30. The lowest BCUT2D eigenvalue weighted by atomic mass is 10.00. The Hall–Kier alpha value is -6.26. The van der Waals surface area contributed by atoms with Crippen molar-refractivity contribution >= 4 is 50.0 Å². The molecule has 0 unspecified atom stereocenters. The normalized spacial score (nSPS) is 11.5. The molecule has 0 atom stereocenters. The van der Waals surface area contributed by atoms with Crippen LogP contribution < -0.4 is 9.64 Å². The second-order valence-corrected chi connectivity index (χ2v) is 17.3. The zero-order valence-electron chi connectivity index (χ0n) is 33.6. The van der Waals surface area contributed by atoms with Gasteiger partial charge in [-0.05, 0) is 113 Å². The first-order chi connectivity index (χ1) is 28.8. The van der Waals surface area contributed by atoms with Crippen molar-refractivity contribution in [3.63, 3.8) is 0 Å². The highest BCUT2D eigenvalue weighted by molar-refractivity contribution is 7.89. The van der Waals surface area contributed by atoms with Gasteiger partial charge in [-0.25, -0.2) is 13.2 Å². The summed E-state index contributed by atoms with van der Waals surface area (Å²) in [5.41, 5.74) is 6.75. The molecule has 8 nitrogen and oxygen atoms in total. The van der Waals surface area contributed by atoms with Crippen molar-refractivity contribution in [1.29, 1.82) is 0 Å². The summed E-state index contributed by atoms with van der Waals surface area (Å²) in [4.78, 5) is 29.1. The lowest BCUT2D eigenvalue weighted by Gasteiger charge is -2.30. The molecule has 0 aliphatic heterocycles. The molecule has 60 heavy (non-hydrogen) atoms. The van der Waals surface area contributed by atoms with Crippen LogP contribution in [0, 0.1) is 20.8 Å². The summed E-state index contributed by atoms with van der Waals surface area (Å²) < 4.78 is 36.9. The van der Waals surface area contributed by atoms with Gasteiger partial charge in [0.1, 0.15) is 17.9 Å². The number of ether oxygens (including phenoxy) is 1. The van der Waals surface area contributed by atoms with E-state index >= 15 is 4.79 Å². The number of fused-ring (bicyclic) bond motifs is 1. The molecule has 7 rings (SSSR count). The second kappa shape index (κ2) is 18.3. The number of benzene rings is 7. The Morgan fingerprint density at radius 1 is 0.650 bits per heavy atom. The predicted molar refractivity (Wildman–Crippen MR) is 238 cm³/mol. The molecule has 7 aromatic rings. The number of amides is 1. The van der Waals surface area contributed by atoms with Gasteiger partial charge in [0.2, 0.25) is 15.9 Å². The minimum absolute atomic E-state index is 0.0390. The Morgan fingerprint density at radius 2 is 1.28 bits per heavy atom. The number of halogens is 1. The van der Waals surface area contributed by atoms with Crippen molar-refractivity contribution in [3.05, 3.63) is 207 Å². The van der Waals surface area contributed by atoms with E-state index < -0.39 is 28.4 Å². The van der Waals surface area contributed by atoms with Crippen molar-refractivity contribution in [3.8, 4) is 5.75 Å². The van der Waals surface area contributed by atoms with E-state index in [4.69, 9.17) is 16.3 Å². The molecule has 0 saturated carbocycles. The van der Waals surface area contributed by atoms with Crippen LogP contribution in [0.1, 0.15) is 54.9 Å². The van der Waals surface area contributed by atoms with E-state index in [2.05, 4.69) is 0 Å². The Labute approximate surface area is 356 Å². The number of carboxylic acids is 1. The third-order valence-electron chi connectivity index (χ3n) is 10.4. The van der Waals surface area contributed by atoms with Crippen molar-refractivity contribution in [1.82, 2.24) is 4.31 Å². The topological polar surface area (TPSA) is 104 Å². The van der Waals surface area contributed by atoms with E-state index in [-0.39, 0.29) is 35.9 Å². The summed E-state index contributed by atoms with van der Waals surface area (Å²) in [6, 6.07) is 46.7. The quantitative estimate of drug-likeness (QED) is 0.110. The number of nitrogens with zero attached hydrogens (tertiary/aromatic N) is 2. The van der Waals surface area contributed by atoms with E-state index in [1.165, 1.54) is 10.4 Å². The molecule has 0 radical (unpaired) electrons. The standard InChI is InChI=1S/C50H45ClN2O6S/c1-34-25-35(2)49(36(3)26-34)60(57,58)52(30-37-18-22-44(51)23-19-37)32-48(54)53(31-40-17-21-41-13-7-8-14-42(41)28-40)46-16-10-9-15-43(46)27-39-20-24-45(50(55)56)47(29-39)59-33-38-11-5-4-6-12-38/h4-26,28-29H,27,30-33H2,1-3H3,(H,55,56). The monoisotopic (exact) mass is 836 g/mol. The van der Waals surface area contributed by atoms with Crippen LogP contribution in [0.4, 0.5) is 5.69 Å². The Bertz CT molecular complexity index is 2770. The van der Waals surface area contributed by atoms with Gasteiger partial charge in [-0.15, -0.1) is 0 Å². The molecule has 0 heterocycles. The van der Waals surface area contributed by atoms with Gasteiger partial charge in [-0.1, -0.05) is 132 Å². The van der Waals surface area contributed by atoms with Gasteiger partial charge in [0.25, 0.3) is 0 Å². The number of carboxylic acid groups (broad SMARTS) is 1. The molecular weight excluding hydrogens is 792 g/mol. The average Bonchev–Trinajstić information content (AvgIpc) is 3.22. The number of carbonyl (C=O) groups excluding carboxylic acids is 1. The fourth-order valence-corrected chi connectivity index (χ4v) is 9.55. The molecule has 1 N–H and O–H groups in total. The molecule has 0 bridgehead atoms. The highest BCUT2D eigenvalue weighted by Crippen LogP contribution is 2.31. The maximum Gasteiger partial charge on any atom is 0.339 e. The Kier molecular flexibility index (Phi) is 12.8. The Balaban J connectivity index is 1.28. The number of anilines is 1. The number of hydrogen-bond donors (Lipinski definition) is 1. The van der Waals surface area contributed by atoms with Crippen LogP contribution >= 0.6 is 11.6 Å². The van der Waals surface area contributed by atoms with E-state index in [0.717, 1.165) is 38.6 Å². The summed E-state index contributed by atoms with van der Waals surface area (Å²) in [6.45, 7) is 5.30. The van der Waals surface area contributed by atoms with Crippen LogP contribution in [0.15, 0.2) is 157 Å². The van der Waals surface area contributed by atoms with Gasteiger partial charge in [0.15, 0.2) is 0 Å². The maximum atomic E-state index is 15.1. The molecule has 0 aliphatic rings. The Morgan fingerprint density at radius 3 is 2.00 bits per heavy atom. The fourth-order valence-electron chi connectivity index (χ4n) is 7.64. The first-order valence-corrected chi connectivity index (χ1v) is 21.4. The minimum Gasteiger partial charge on any atom is -0.488 e. The number of carbonyl (C=O) groups is 2. The zero-order chi connectivity index (χ0) is 42.4. The van der Waals surface area contributed by atoms with E-state index in [1.807, 2.05) is 116 Å². The lowest BCUT2D eigenvalue weighted by Crippen LogP contribution is -2.43. The number of aryl methyl sites for hydroxylation is 3. The molecule has 0 fully saturated rings. The zero-order valence-corrected chi connectivity index (χ0v) is 35.2. The van der Waals surface area contributed by atoms with Gasteiger partial charge in [-0.2, -0.15) is 4.31 Å². The molecular formula is C50H45ClN2O6S. The molecule has 0 spiro atoms. The smallest absolute Gasteiger partial charge is 0.339 e.